The number of hydrogen-bond acceptors (Lipinski definition) is 2. The van der Waals surface area contributed by atoms with Gasteiger partial charge in [0.15, 0.2) is 0 Å². The van der Waals surface area contributed by atoms with E-state index >= 15 is 0 Å². The Balaban J connectivity index is 2.02. The SMILES string of the molecule is CCC1C(=O)N(Cc2ccccc2)C(C(C)(C)C)N1C(=O)c1ccccc1. The molecular formula is C23H28N2O2. The molecule has 2 aromatic rings. The first-order chi connectivity index (χ1) is 12.8. The molecule has 0 aromatic heterocycles. The molecule has 2 amide bonds. The molecule has 1 aliphatic heterocycles. The van der Waals surface area contributed by atoms with E-state index < -0.39 is 6.04 Å². The third kappa shape index (κ3) is 3.75. The largest absolute Gasteiger partial charge is 0.315 e. The van der Waals surface area contributed by atoms with Gasteiger partial charge < -0.3 is 9.80 Å². The van der Waals surface area contributed by atoms with Crippen molar-refractivity contribution in [3.63, 3.8) is 0 Å². The van der Waals surface area contributed by atoms with Gasteiger partial charge in [-0.1, -0.05) is 76.2 Å². The molecule has 1 heterocycles. The van der Waals surface area contributed by atoms with Crippen LogP contribution in [0.15, 0.2) is 60.7 Å². The summed E-state index contributed by atoms with van der Waals surface area (Å²) in [6, 6.07) is 18.8. The van der Waals surface area contributed by atoms with Crippen LogP contribution in [-0.4, -0.2) is 33.8 Å². The smallest absolute Gasteiger partial charge is 0.256 e. The highest BCUT2D eigenvalue weighted by molar-refractivity contribution is 5.99. The lowest BCUT2D eigenvalue weighted by Gasteiger charge is -2.40. The Morgan fingerprint density at radius 1 is 0.963 bits per heavy atom. The first-order valence-corrected chi connectivity index (χ1v) is 9.56. The monoisotopic (exact) mass is 364 g/mol. The highest BCUT2D eigenvalue weighted by atomic mass is 16.2. The predicted octanol–water partition coefficient (Wildman–Crippen LogP) is 4.32. The molecule has 1 fully saturated rings. The van der Waals surface area contributed by atoms with E-state index in [1.165, 1.54) is 0 Å². The molecule has 1 saturated heterocycles. The third-order valence-corrected chi connectivity index (χ3v) is 5.07. The summed E-state index contributed by atoms with van der Waals surface area (Å²) in [6.45, 7) is 8.75. The fraction of sp³-hybridized carbons (Fsp3) is 0.391. The minimum Gasteiger partial charge on any atom is -0.315 e. The van der Waals surface area contributed by atoms with Gasteiger partial charge in [0.2, 0.25) is 5.91 Å². The van der Waals surface area contributed by atoms with E-state index in [1.54, 1.807) is 4.90 Å². The molecule has 0 saturated carbocycles. The van der Waals surface area contributed by atoms with Crippen molar-refractivity contribution >= 4 is 11.8 Å². The second-order valence-electron chi connectivity index (χ2n) is 8.19. The van der Waals surface area contributed by atoms with Gasteiger partial charge in [0.1, 0.15) is 12.2 Å². The molecule has 2 atom stereocenters. The quantitative estimate of drug-likeness (QED) is 0.810. The Labute approximate surface area is 161 Å². The summed E-state index contributed by atoms with van der Waals surface area (Å²) < 4.78 is 0. The summed E-state index contributed by atoms with van der Waals surface area (Å²) >= 11 is 0. The van der Waals surface area contributed by atoms with E-state index in [0.717, 1.165) is 5.56 Å². The van der Waals surface area contributed by atoms with Crippen molar-refractivity contribution in [1.29, 1.82) is 0 Å². The Morgan fingerprint density at radius 2 is 1.52 bits per heavy atom. The number of carbonyl (C=O) groups excluding carboxylic acids is 2. The zero-order chi connectivity index (χ0) is 19.6. The van der Waals surface area contributed by atoms with Crippen molar-refractivity contribution in [3.8, 4) is 0 Å². The van der Waals surface area contributed by atoms with Crippen molar-refractivity contribution in [2.75, 3.05) is 0 Å². The topological polar surface area (TPSA) is 40.6 Å². The number of nitrogens with zero attached hydrogens (tertiary/aromatic N) is 2. The molecule has 2 unspecified atom stereocenters. The fourth-order valence-electron chi connectivity index (χ4n) is 3.93. The molecule has 1 aliphatic rings. The second-order valence-corrected chi connectivity index (χ2v) is 8.19. The summed E-state index contributed by atoms with van der Waals surface area (Å²) in [5, 5.41) is 0. The maximum Gasteiger partial charge on any atom is 0.256 e. The molecule has 0 radical (unpaired) electrons. The highest BCUT2D eigenvalue weighted by Gasteiger charge is 2.51. The average Bonchev–Trinajstić information content (AvgIpc) is 2.94. The maximum atomic E-state index is 13.4. The molecule has 0 spiro atoms. The molecule has 4 heteroatoms. The van der Waals surface area contributed by atoms with Gasteiger partial charge in [0.25, 0.3) is 5.91 Å². The van der Waals surface area contributed by atoms with Gasteiger partial charge in [0.05, 0.1) is 0 Å². The van der Waals surface area contributed by atoms with Crippen LogP contribution in [0.5, 0.6) is 0 Å². The Hall–Kier alpha value is -2.62. The first kappa shape index (κ1) is 19.2. The van der Waals surface area contributed by atoms with Crippen LogP contribution in [0.2, 0.25) is 0 Å². The van der Waals surface area contributed by atoms with Gasteiger partial charge >= 0.3 is 0 Å². The zero-order valence-electron chi connectivity index (χ0n) is 16.6. The van der Waals surface area contributed by atoms with Crippen molar-refractivity contribution in [3.05, 3.63) is 71.8 Å². The predicted molar refractivity (Wildman–Crippen MR) is 107 cm³/mol. The molecule has 4 nitrogen and oxygen atoms in total. The molecule has 0 aliphatic carbocycles. The van der Waals surface area contributed by atoms with Gasteiger partial charge in [-0.15, -0.1) is 0 Å². The summed E-state index contributed by atoms with van der Waals surface area (Å²) in [4.78, 5) is 30.3. The summed E-state index contributed by atoms with van der Waals surface area (Å²) in [5.74, 6) is -0.0446. The Kier molecular flexibility index (Phi) is 5.36. The fourth-order valence-corrected chi connectivity index (χ4v) is 3.93. The van der Waals surface area contributed by atoms with Crippen LogP contribution < -0.4 is 0 Å². The van der Waals surface area contributed by atoms with Crippen LogP contribution in [0.1, 0.15) is 50.0 Å². The molecule has 142 valence electrons. The summed E-state index contributed by atoms with van der Waals surface area (Å²) in [6.07, 6.45) is 0.317. The molecule has 0 bridgehead atoms. The number of carbonyl (C=O) groups is 2. The lowest BCUT2D eigenvalue weighted by Crippen LogP contribution is -2.51. The number of amides is 2. The van der Waals surface area contributed by atoms with Crippen LogP contribution >= 0.6 is 0 Å². The summed E-state index contributed by atoms with van der Waals surface area (Å²) in [5.41, 5.74) is 1.43. The van der Waals surface area contributed by atoms with E-state index in [4.69, 9.17) is 0 Å². The highest BCUT2D eigenvalue weighted by Crippen LogP contribution is 2.37. The van der Waals surface area contributed by atoms with E-state index in [1.807, 2.05) is 72.5 Å². The van der Waals surface area contributed by atoms with Gasteiger partial charge in [0, 0.05) is 17.5 Å². The van der Waals surface area contributed by atoms with Gasteiger partial charge in [-0.3, -0.25) is 9.59 Å². The average molecular weight is 364 g/mol. The van der Waals surface area contributed by atoms with Crippen molar-refractivity contribution in [1.82, 2.24) is 9.80 Å². The minimum atomic E-state index is -0.425. The van der Waals surface area contributed by atoms with E-state index in [2.05, 4.69) is 20.8 Å². The Bertz CT molecular complexity index is 796. The van der Waals surface area contributed by atoms with E-state index in [-0.39, 0.29) is 23.4 Å². The molecule has 3 rings (SSSR count). The first-order valence-electron chi connectivity index (χ1n) is 9.56. The van der Waals surface area contributed by atoms with E-state index in [9.17, 15) is 9.59 Å². The zero-order valence-corrected chi connectivity index (χ0v) is 16.6. The molecule has 2 aromatic carbocycles. The number of benzene rings is 2. The Morgan fingerprint density at radius 3 is 2.04 bits per heavy atom. The van der Waals surface area contributed by atoms with Crippen LogP contribution in [0.3, 0.4) is 0 Å². The standard InChI is InChI=1S/C23H28N2O2/c1-5-19-21(27)24(16-17-12-8-6-9-13-17)22(23(2,3)4)25(19)20(26)18-14-10-7-11-15-18/h6-15,19,22H,5,16H2,1-4H3. The minimum absolute atomic E-state index is 0.0329. The van der Waals surface area contributed by atoms with Crippen LogP contribution in [0, 0.1) is 5.41 Å². The van der Waals surface area contributed by atoms with Crippen molar-refractivity contribution in [2.24, 2.45) is 5.41 Å². The molecule has 27 heavy (non-hydrogen) atoms. The van der Waals surface area contributed by atoms with Gasteiger partial charge in [-0.2, -0.15) is 0 Å². The maximum absolute atomic E-state index is 13.4. The number of rotatable bonds is 4. The lowest BCUT2D eigenvalue weighted by molar-refractivity contribution is -0.132. The van der Waals surface area contributed by atoms with Crippen LogP contribution in [-0.2, 0) is 11.3 Å². The number of hydrogen-bond donors (Lipinski definition) is 0. The molecular weight excluding hydrogens is 336 g/mol. The third-order valence-electron chi connectivity index (χ3n) is 5.07. The van der Waals surface area contributed by atoms with E-state index in [0.29, 0.717) is 18.5 Å². The van der Waals surface area contributed by atoms with Crippen LogP contribution in [0.25, 0.3) is 0 Å². The van der Waals surface area contributed by atoms with Crippen molar-refractivity contribution < 1.29 is 9.59 Å². The van der Waals surface area contributed by atoms with Gasteiger partial charge in [-0.25, -0.2) is 0 Å². The lowest BCUT2D eigenvalue weighted by atomic mass is 9.90. The normalized spacial score (nSPS) is 20.2. The van der Waals surface area contributed by atoms with Crippen molar-refractivity contribution in [2.45, 2.75) is 52.9 Å². The van der Waals surface area contributed by atoms with Crippen LogP contribution in [0.4, 0.5) is 0 Å². The summed E-state index contributed by atoms with van der Waals surface area (Å²) in [7, 11) is 0. The van der Waals surface area contributed by atoms with Gasteiger partial charge in [-0.05, 0) is 24.1 Å². The molecule has 0 N–H and O–H groups in total. The second kappa shape index (κ2) is 7.55.